The van der Waals surface area contributed by atoms with Crippen LogP contribution in [-0.4, -0.2) is 5.91 Å². The molecule has 1 aliphatic rings. The van der Waals surface area contributed by atoms with Crippen LogP contribution in [0, 0.1) is 5.92 Å². The Hall–Kier alpha value is -1.02. The first kappa shape index (κ1) is 14.4. The van der Waals surface area contributed by atoms with E-state index < -0.39 is 0 Å². The van der Waals surface area contributed by atoms with Crippen LogP contribution in [0.1, 0.15) is 49.7 Å². The molecule has 104 valence electrons. The minimum Gasteiger partial charge on any atom is -0.352 e. The van der Waals surface area contributed by atoms with Gasteiger partial charge in [-0.15, -0.1) is 11.6 Å². The topological polar surface area (TPSA) is 29.1 Å². The summed E-state index contributed by atoms with van der Waals surface area (Å²) >= 11 is 5.81. The van der Waals surface area contributed by atoms with Gasteiger partial charge in [0, 0.05) is 18.3 Å². The molecule has 1 amide bonds. The summed E-state index contributed by atoms with van der Waals surface area (Å²) in [4.78, 5) is 12.1. The third kappa shape index (κ3) is 4.54. The first-order valence-corrected chi connectivity index (χ1v) is 7.74. The van der Waals surface area contributed by atoms with Gasteiger partial charge in [-0.25, -0.2) is 0 Å². The summed E-state index contributed by atoms with van der Waals surface area (Å²) in [5.41, 5.74) is 2.23. The van der Waals surface area contributed by atoms with Crippen LogP contribution >= 0.6 is 11.6 Å². The molecular formula is C16H22ClNO. The molecule has 1 N–H and O–H groups in total. The van der Waals surface area contributed by atoms with Crippen molar-refractivity contribution < 1.29 is 4.79 Å². The van der Waals surface area contributed by atoms with Crippen LogP contribution in [0.5, 0.6) is 0 Å². The molecule has 1 fully saturated rings. The van der Waals surface area contributed by atoms with Gasteiger partial charge in [0.1, 0.15) is 0 Å². The number of benzene rings is 1. The van der Waals surface area contributed by atoms with E-state index in [1.807, 2.05) is 18.2 Å². The summed E-state index contributed by atoms with van der Waals surface area (Å²) in [6, 6.07) is 8.08. The Morgan fingerprint density at radius 3 is 2.53 bits per heavy atom. The molecule has 0 unspecified atom stereocenters. The van der Waals surface area contributed by atoms with Gasteiger partial charge in [-0.05, 0) is 24.0 Å². The highest BCUT2D eigenvalue weighted by Gasteiger charge is 2.19. The average Bonchev–Trinajstić information content (AvgIpc) is 2.74. The maximum absolute atomic E-state index is 12.1. The van der Waals surface area contributed by atoms with E-state index in [1.54, 1.807) is 0 Å². The number of hydrogen-bond acceptors (Lipinski definition) is 1. The Balaban J connectivity index is 1.84. The summed E-state index contributed by atoms with van der Waals surface area (Å²) < 4.78 is 0. The molecule has 0 bridgehead atoms. The number of carbonyl (C=O) groups excluding carboxylic acids is 1. The van der Waals surface area contributed by atoms with Crippen LogP contribution in [0.25, 0.3) is 0 Å². The fourth-order valence-electron chi connectivity index (χ4n) is 2.70. The van der Waals surface area contributed by atoms with Gasteiger partial charge >= 0.3 is 0 Å². The molecule has 2 nitrogen and oxygen atoms in total. The highest BCUT2D eigenvalue weighted by atomic mass is 35.5. The van der Waals surface area contributed by atoms with E-state index in [0.717, 1.165) is 24.0 Å². The van der Waals surface area contributed by atoms with Gasteiger partial charge < -0.3 is 5.32 Å². The lowest BCUT2D eigenvalue weighted by Crippen LogP contribution is -2.30. The number of amides is 1. The minimum atomic E-state index is 0.221. The third-order valence-electron chi connectivity index (χ3n) is 3.84. The Labute approximate surface area is 120 Å². The smallest absolute Gasteiger partial charge is 0.223 e. The van der Waals surface area contributed by atoms with E-state index in [9.17, 15) is 4.79 Å². The van der Waals surface area contributed by atoms with E-state index in [0.29, 0.717) is 12.4 Å². The van der Waals surface area contributed by atoms with Crippen LogP contribution in [0.2, 0.25) is 0 Å². The van der Waals surface area contributed by atoms with Crippen molar-refractivity contribution in [2.24, 2.45) is 5.92 Å². The summed E-state index contributed by atoms with van der Waals surface area (Å²) in [5.74, 6) is 0.960. The first-order chi connectivity index (χ1) is 9.29. The van der Waals surface area contributed by atoms with Crippen molar-refractivity contribution >= 4 is 17.5 Å². The van der Waals surface area contributed by atoms with Crippen molar-refractivity contribution in [3.05, 3.63) is 35.4 Å². The van der Waals surface area contributed by atoms with E-state index in [1.165, 1.54) is 25.7 Å². The van der Waals surface area contributed by atoms with Crippen molar-refractivity contribution in [1.82, 2.24) is 5.32 Å². The lowest BCUT2D eigenvalue weighted by Gasteiger charge is -2.14. The molecule has 0 aliphatic heterocycles. The number of carbonyl (C=O) groups is 1. The Morgan fingerprint density at radius 2 is 1.84 bits per heavy atom. The number of rotatable bonds is 4. The van der Waals surface area contributed by atoms with Gasteiger partial charge in [-0.3, -0.25) is 4.79 Å². The van der Waals surface area contributed by atoms with E-state index >= 15 is 0 Å². The molecule has 1 aromatic carbocycles. The zero-order valence-electron chi connectivity index (χ0n) is 11.3. The molecule has 19 heavy (non-hydrogen) atoms. The van der Waals surface area contributed by atoms with Gasteiger partial charge in [0.05, 0.1) is 0 Å². The largest absolute Gasteiger partial charge is 0.352 e. The van der Waals surface area contributed by atoms with Gasteiger partial charge in [-0.1, -0.05) is 49.9 Å². The average molecular weight is 280 g/mol. The predicted octanol–water partition coefficient (Wildman–Crippen LogP) is 4.01. The number of hydrogen-bond donors (Lipinski definition) is 1. The Bertz CT molecular complexity index is 411. The predicted molar refractivity (Wildman–Crippen MR) is 79.0 cm³/mol. The number of halogens is 1. The normalized spacial score (nSPS) is 16.9. The summed E-state index contributed by atoms with van der Waals surface area (Å²) in [6.45, 7) is 0.611. The van der Waals surface area contributed by atoms with Crippen LogP contribution in [-0.2, 0) is 17.2 Å². The zero-order valence-corrected chi connectivity index (χ0v) is 12.1. The molecule has 0 heterocycles. The first-order valence-electron chi connectivity index (χ1n) is 7.21. The monoisotopic (exact) mass is 279 g/mol. The van der Waals surface area contributed by atoms with Crippen molar-refractivity contribution in [1.29, 1.82) is 0 Å². The number of nitrogens with one attached hydrogen (secondary N) is 1. The Kier molecular flexibility index (Phi) is 5.71. The summed E-state index contributed by atoms with van der Waals surface area (Å²) in [5, 5.41) is 3.07. The molecule has 0 aromatic heterocycles. The highest BCUT2D eigenvalue weighted by Crippen LogP contribution is 2.23. The van der Waals surface area contributed by atoms with Crippen molar-refractivity contribution in [2.75, 3.05) is 0 Å². The maximum atomic E-state index is 12.1. The Morgan fingerprint density at radius 1 is 1.16 bits per heavy atom. The number of alkyl halides is 1. The summed E-state index contributed by atoms with van der Waals surface area (Å²) in [6.07, 6.45) is 7.05. The van der Waals surface area contributed by atoms with Gasteiger partial charge in [0.2, 0.25) is 5.91 Å². The van der Waals surface area contributed by atoms with E-state index in [2.05, 4.69) is 11.4 Å². The van der Waals surface area contributed by atoms with Crippen molar-refractivity contribution in [2.45, 2.75) is 50.9 Å². The van der Waals surface area contributed by atoms with Crippen LogP contribution in [0.15, 0.2) is 24.3 Å². The molecule has 0 spiro atoms. The molecule has 0 radical (unpaired) electrons. The lowest BCUT2D eigenvalue weighted by atomic mass is 9.99. The van der Waals surface area contributed by atoms with E-state index in [-0.39, 0.29) is 11.8 Å². The van der Waals surface area contributed by atoms with Crippen LogP contribution in [0.4, 0.5) is 0 Å². The molecule has 3 heteroatoms. The van der Waals surface area contributed by atoms with Crippen LogP contribution in [0.3, 0.4) is 0 Å². The SMILES string of the molecule is O=C(NCc1cccc(CCl)c1)C1CCCCCC1. The van der Waals surface area contributed by atoms with Crippen molar-refractivity contribution in [3.63, 3.8) is 0 Å². The van der Waals surface area contributed by atoms with Gasteiger partial charge in [-0.2, -0.15) is 0 Å². The zero-order chi connectivity index (χ0) is 13.5. The van der Waals surface area contributed by atoms with Crippen molar-refractivity contribution in [3.8, 4) is 0 Å². The van der Waals surface area contributed by atoms with Gasteiger partial charge in [0.25, 0.3) is 0 Å². The molecular weight excluding hydrogens is 258 g/mol. The van der Waals surface area contributed by atoms with Gasteiger partial charge in [0.15, 0.2) is 0 Å². The van der Waals surface area contributed by atoms with E-state index in [4.69, 9.17) is 11.6 Å². The molecule has 0 saturated heterocycles. The standard InChI is InChI=1S/C16H22ClNO/c17-11-13-6-5-7-14(10-13)12-18-16(19)15-8-3-1-2-4-9-15/h5-7,10,15H,1-4,8-9,11-12H2,(H,18,19). The molecule has 1 aromatic rings. The highest BCUT2D eigenvalue weighted by molar-refractivity contribution is 6.17. The fourth-order valence-corrected chi connectivity index (χ4v) is 2.86. The van der Waals surface area contributed by atoms with Crippen LogP contribution < -0.4 is 5.32 Å². The summed E-state index contributed by atoms with van der Waals surface area (Å²) in [7, 11) is 0. The molecule has 1 aliphatic carbocycles. The maximum Gasteiger partial charge on any atom is 0.223 e. The molecule has 1 saturated carbocycles. The second kappa shape index (κ2) is 7.54. The fraction of sp³-hybridized carbons (Fsp3) is 0.562. The third-order valence-corrected chi connectivity index (χ3v) is 4.15. The quantitative estimate of drug-likeness (QED) is 0.655. The minimum absolute atomic E-state index is 0.221. The molecule has 0 atom stereocenters. The molecule has 2 rings (SSSR count). The lowest BCUT2D eigenvalue weighted by molar-refractivity contribution is -0.125. The second-order valence-electron chi connectivity index (χ2n) is 5.36. The second-order valence-corrected chi connectivity index (χ2v) is 5.63.